The number of carbonyl (C=O) groups excluding carboxylic acids is 1. The van der Waals surface area contributed by atoms with Crippen molar-refractivity contribution in [2.45, 2.75) is 26.1 Å². The number of morpholine rings is 1. The molecule has 0 saturated carbocycles. The van der Waals surface area contributed by atoms with Crippen LogP contribution in [0.1, 0.15) is 19.4 Å². The van der Waals surface area contributed by atoms with E-state index in [0.29, 0.717) is 4.91 Å². The molecule has 0 spiro atoms. The van der Waals surface area contributed by atoms with Crippen LogP contribution in [0.5, 0.6) is 5.75 Å². The molecule has 0 unspecified atom stereocenters. The number of hydrogen-bond acceptors (Lipinski definition) is 6. The van der Waals surface area contributed by atoms with Crippen LogP contribution in [-0.4, -0.2) is 58.2 Å². The number of thioether (sulfide) groups is 1. The summed E-state index contributed by atoms with van der Waals surface area (Å²) in [4.78, 5) is 19.9. The summed E-state index contributed by atoms with van der Waals surface area (Å²) in [5.74, 6) is 0.522. The van der Waals surface area contributed by atoms with E-state index in [0.717, 1.165) is 46.5 Å². The predicted octanol–water partition coefficient (Wildman–Crippen LogP) is 4.63. The predicted molar refractivity (Wildman–Crippen MR) is 135 cm³/mol. The maximum atomic E-state index is 12.8. The molecule has 0 aliphatic carbocycles. The molecule has 1 saturated heterocycles. The second-order valence-corrected chi connectivity index (χ2v) is 9.43. The monoisotopic (exact) mass is 474 g/mol. The van der Waals surface area contributed by atoms with E-state index in [1.54, 1.807) is 7.11 Å². The van der Waals surface area contributed by atoms with Crippen LogP contribution in [0.4, 0.5) is 0 Å². The molecule has 1 amide bonds. The van der Waals surface area contributed by atoms with Crippen LogP contribution >= 0.6 is 11.8 Å². The number of amidine groups is 1. The van der Waals surface area contributed by atoms with E-state index in [4.69, 9.17) is 14.6 Å². The largest absolute Gasteiger partial charge is 0.497 e. The summed E-state index contributed by atoms with van der Waals surface area (Å²) in [5.41, 5.74) is 3.46. The number of carbonyl (C=O) groups is 1. The fraction of sp³-hybridized carbons (Fsp3) is 0.269. The van der Waals surface area contributed by atoms with Crippen molar-refractivity contribution in [2.75, 3.05) is 20.2 Å². The van der Waals surface area contributed by atoms with Gasteiger partial charge in [0.05, 0.1) is 29.9 Å². The molecule has 7 nitrogen and oxygen atoms in total. The zero-order valence-electron chi connectivity index (χ0n) is 19.3. The summed E-state index contributed by atoms with van der Waals surface area (Å²) in [6.45, 7) is 5.52. The Kier molecular flexibility index (Phi) is 6.26. The van der Waals surface area contributed by atoms with Gasteiger partial charge in [0, 0.05) is 30.4 Å². The molecule has 1 aromatic heterocycles. The Bertz CT molecular complexity index is 1260. The first-order chi connectivity index (χ1) is 16.5. The van der Waals surface area contributed by atoms with Gasteiger partial charge in [-0.3, -0.25) is 4.79 Å². The van der Waals surface area contributed by atoms with Crippen LogP contribution in [0.25, 0.3) is 23.0 Å². The van der Waals surface area contributed by atoms with E-state index in [1.165, 1.54) is 11.8 Å². The zero-order chi connectivity index (χ0) is 23.7. The van der Waals surface area contributed by atoms with Gasteiger partial charge in [-0.15, -0.1) is 0 Å². The summed E-state index contributed by atoms with van der Waals surface area (Å²) in [7, 11) is 1.64. The molecule has 2 aliphatic heterocycles. The Balaban J connectivity index is 1.50. The van der Waals surface area contributed by atoms with Gasteiger partial charge in [0.2, 0.25) is 0 Å². The second kappa shape index (κ2) is 9.48. The highest BCUT2D eigenvalue weighted by Gasteiger charge is 2.31. The fourth-order valence-electron chi connectivity index (χ4n) is 4.21. The van der Waals surface area contributed by atoms with E-state index in [1.807, 2.05) is 85.4 Å². The SMILES string of the molecule is COc1cccc(-c2nn(-c3ccccc3)cc2/C=C2\SC(N3C[C@H](C)O[C@@H](C)C3)=NC2=O)c1. The first-order valence-corrected chi connectivity index (χ1v) is 12.0. The summed E-state index contributed by atoms with van der Waals surface area (Å²) in [6.07, 6.45) is 4.03. The van der Waals surface area contributed by atoms with Crippen molar-refractivity contribution in [3.8, 4) is 22.7 Å². The summed E-state index contributed by atoms with van der Waals surface area (Å²) >= 11 is 1.41. The number of hydrogen-bond donors (Lipinski definition) is 0. The second-order valence-electron chi connectivity index (χ2n) is 8.42. The topological polar surface area (TPSA) is 68.9 Å². The zero-order valence-corrected chi connectivity index (χ0v) is 20.2. The Labute approximate surface area is 203 Å². The first kappa shape index (κ1) is 22.4. The highest BCUT2D eigenvalue weighted by molar-refractivity contribution is 8.18. The normalized spacial score (nSPS) is 21.7. The summed E-state index contributed by atoms with van der Waals surface area (Å²) in [6, 6.07) is 17.7. The van der Waals surface area contributed by atoms with Gasteiger partial charge >= 0.3 is 0 Å². The third kappa shape index (κ3) is 4.64. The van der Waals surface area contributed by atoms with Crippen molar-refractivity contribution in [3.05, 3.63) is 71.3 Å². The number of methoxy groups -OCH3 is 1. The lowest BCUT2D eigenvalue weighted by Crippen LogP contribution is -2.47. The van der Waals surface area contributed by atoms with E-state index in [9.17, 15) is 4.79 Å². The number of aromatic nitrogens is 2. The van der Waals surface area contributed by atoms with Crippen LogP contribution in [0.3, 0.4) is 0 Å². The Hall–Kier alpha value is -3.36. The molecule has 8 heteroatoms. The highest BCUT2D eigenvalue weighted by Crippen LogP contribution is 2.34. The Morgan fingerprint density at radius 2 is 1.85 bits per heavy atom. The number of amides is 1. The maximum Gasteiger partial charge on any atom is 0.286 e. The van der Waals surface area contributed by atoms with Gasteiger partial charge in [0.1, 0.15) is 11.4 Å². The van der Waals surface area contributed by atoms with Crippen LogP contribution in [-0.2, 0) is 9.53 Å². The van der Waals surface area contributed by atoms with Crippen molar-refractivity contribution in [3.63, 3.8) is 0 Å². The summed E-state index contributed by atoms with van der Waals surface area (Å²) < 4.78 is 13.1. The summed E-state index contributed by atoms with van der Waals surface area (Å²) in [5, 5.41) is 5.59. The van der Waals surface area contributed by atoms with Crippen LogP contribution < -0.4 is 4.74 Å². The molecule has 2 aliphatic rings. The number of benzene rings is 2. The minimum absolute atomic E-state index is 0.0962. The van der Waals surface area contributed by atoms with E-state index >= 15 is 0 Å². The quantitative estimate of drug-likeness (QED) is 0.514. The number of aliphatic imine (C=N–C) groups is 1. The van der Waals surface area contributed by atoms with Gasteiger partial charge in [0.15, 0.2) is 5.17 Å². The standard InChI is InChI=1S/C26H26N4O3S/c1-17-14-29(15-18(2)33-17)26-27-25(31)23(34-26)13-20-16-30(21-9-5-4-6-10-21)28-24(20)19-8-7-11-22(12-19)32-3/h4-13,16-18H,14-15H2,1-3H3/b23-13-/t17-,18-/m0/s1. The number of rotatable bonds is 4. The molecule has 2 atom stereocenters. The van der Waals surface area contributed by atoms with E-state index in [-0.39, 0.29) is 18.1 Å². The van der Waals surface area contributed by atoms with Gasteiger partial charge in [-0.2, -0.15) is 10.1 Å². The van der Waals surface area contributed by atoms with Crippen LogP contribution in [0.15, 0.2) is 70.7 Å². The van der Waals surface area contributed by atoms with Crippen molar-refractivity contribution >= 4 is 28.9 Å². The molecule has 174 valence electrons. The number of para-hydroxylation sites is 1. The van der Waals surface area contributed by atoms with Gasteiger partial charge in [0.25, 0.3) is 5.91 Å². The van der Waals surface area contributed by atoms with Crippen LogP contribution in [0.2, 0.25) is 0 Å². The molecule has 0 radical (unpaired) electrons. The highest BCUT2D eigenvalue weighted by atomic mass is 32.2. The number of nitrogens with zero attached hydrogens (tertiary/aromatic N) is 4. The lowest BCUT2D eigenvalue weighted by molar-refractivity contribution is -0.113. The lowest BCUT2D eigenvalue weighted by Gasteiger charge is -2.35. The Morgan fingerprint density at radius 1 is 1.09 bits per heavy atom. The third-order valence-corrected chi connectivity index (χ3v) is 6.74. The molecule has 34 heavy (non-hydrogen) atoms. The molecular formula is C26H26N4O3S. The smallest absolute Gasteiger partial charge is 0.286 e. The maximum absolute atomic E-state index is 12.8. The van der Waals surface area contributed by atoms with Gasteiger partial charge < -0.3 is 14.4 Å². The van der Waals surface area contributed by atoms with E-state index in [2.05, 4.69) is 9.89 Å². The lowest BCUT2D eigenvalue weighted by atomic mass is 10.1. The third-order valence-electron chi connectivity index (χ3n) is 5.69. The van der Waals surface area contributed by atoms with Crippen molar-refractivity contribution in [1.82, 2.24) is 14.7 Å². The molecule has 0 bridgehead atoms. The molecule has 2 aromatic carbocycles. The van der Waals surface area contributed by atoms with Gasteiger partial charge in [-0.1, -0.05) is 30.3 Å². The molecule has 1 fully saturated rings. The first-order valence-electron chi connectivity index (χ1n) is 11.2. The van der Waals surface area contributed by atoms with Gasteiger partial charge in [-0.25, -0.2) is 4.68 Å². The van der Waals surface area contributed by atoms with E-state index < -0.39 is 0 Å². The average molecular weight is 475 g/mol. The van der Waals surface area contributed by atoms with Crippen molar-refractivity contribution in [1.29, 1.82) is 0 Å². The van der Waals surface area contributed by atoms with Crippen LogP contribution in [0, 0.1) is 0 Å². The number of ether oxygens (including phenoxy) is 2. The molecule has 3 aromatic rings. The minimum atomic E-state index is -0.226. The van der Waals surface area contributed by atoms with Crippen molar-refractivity contribution < 1.29 is 14.3 Å². The van der Waals surface area contributed by atoms with Gasteiger partial charge in [-0.05, 0) is 56.0 Å². The molecule has 5 rings (SSSR count). The van der Waals surface area contributed by atoms with Crippen molar-refractivity contribution in [2.24, 2.45) is 4.99 Å². The molecule has 0 N–H and O–H groups in total. The Morgan fingerprint density at radius 3 is 2.59 bits per heavy atom. The average Bonchev–Trinajstić information content (AvgIpc) is 3.43. The fourth-order valence-corrected chi connectivity index (χ4v) is 5.13. The minimum Gasteiger partial charge on any atom is -0.497 e. The molecular weight excluding hydrogens is 448 g/mol. The molecule has 3 heterocycles.